The second kappa shape index (κ2) is 11.2. The number of carbonyl (C=O) groups excluding carboxylic acids is 1. The lowest BCUT2D eigenvalue weighted by Gasteiger charge is -2.17. The Bertz CT molecular complexity index is 569. The average molecular weight is 656 g/mol. The number of esters is 1. The number of rotatable bonds is 8. The monoisotopic (exact) mass is 656 g/mol. The zero-order valence-electron chi connectivity index (χ0n) is 13.2. The van der Waals surface area contributed by atoms with Gasteiger partial charge in [0.1, 0.15) is 0 Å². The number of methoxy groups -OCH3 is 2. The normalized spacial score (nSPS) is 11.4. The topological polar surface area (TPSA) is 44.8 Å². The van der Waals surface area contributed by atoms with E-state index in [-0.39, 0.29) is 12.3 Å². The molecule has 0 aliphatic carbocycles. The highest BCUT2D eigenvalue weighted by Crippen LogP contribution is 2.29. The fraction of sp³-hybridized carbons (Fsp3) is 0.438. The van der Waals surface area contributed by atoms with E-state index >= 15 is 0 Å². The molecular weight excluding hydrogens is 637 g/mol. The van der Waals surface area contributed by atoms with E-state index in [1.54, 1.807) is 27.2 Å². The summed E-state index contributed by atoms with van der Waals surface area (Å²) in [5.41, 5.74) is 2.40. The van der Waals surface area contributed by atoms with Crippen LogP contribution in [0.25, 0.3) is 0 Å². The highest BCUT2D eigenvalue weighted by Gasteiger charge is 2.17. The Morgan fingerprint density at radius 2 is 1.87 bits per heavy atom. The average Bonchev–Trinajstić information content (AvgIpc) is 2.53. The molecule has 0 radical (unpaired) electrons. The molecule has 128 valence electrons. The molecule has 0 spiro atoms. The molecule has 0 aromatic heterocycles. The van der Waals surface area contributed by atoms with Gasteiger partial charge in [-0.05, 0) is 91.9 Å². The van der Waals surface area contributed by atoms with E-state index in [1.165, 1.54) is 24.3 Å². The summed E-state index contributed by atoms with van der Waals surface area (Å²) in [6.45, 7) is 2.17. The Balaban J connectivity index is 2.87. The van der Waals surface area contributed by atoms with Crippen LogP contribution in [-0.2, 0) is 31.8 Å². The second-order valence-corrected chi connectivity index (χ2v) is 7.97. The minimum absolute atomic E-state index is 0.247. The Kier molecular flexibility index (Phi) is 10.5. The number of benzene rings is 1. The van der Waals surface area contributed by atoms with Gasteiger partial charge in [0, 0.05) is 43.8 Å². The largest absolute Gasteiger partial charge is 0.462 e. The van der Waals surface area contributed by atoms with Gasteiger partial charge in [-0.15, -0.1) is 0 Å². The maximum Gasteiger partial charge on any atom is 0.330 e. The maximum absolute atomic E-state index is 11.4. The Labute approximate surface area is 178 Å². The van der Waals surface area contributed by atoms with Crippen molar-refractivity contribution in [3.63, 3.8) is 0 Å². The number of allylic oxidation sites excluding steroid dienone is 1. The molecule has 23 heavy (non-hydrogen) atoms. The van der Waals surface area contributed by atoms with Gasteiger partial charge in [-0.2, -0.15) is 0 Å². The third-order valence-corrected chi connectivity index (χ3v) is 7.56. The lowest BCUT2D eigenvalue weighted by molar-refractivity contribution is -0.137. The van der Waals surface area contributed by atoms with Crippen LogP contribution in [0.5, 0.6) is 0 Å². The number of halogens is 3. The number of ether oxygens (including phenoxy) is 3. The second-order valence-electron chi connectivity index (χ2n) is 4.65. The third kappa shape index (κ3) is 6.75. The first-order valence-electron chi connectivity index (χ1n) is 6.94. The predicted octanol–water partition coefficient (Wildman–Crippen LogP) is 4.32. The summed E-state index contributed by atoms with van der Waals surface area (Å²) in [5, 5.41) is 0. The zero-order valence-corrected chi connectivity index (χ0v) is 19.7. The molecule has 0 saturated carbocycles. The van der Waals surface area contributed by atoms with Crippen LogP contribution in [0.2, 0.25) is 0 Å². The number of carbonyl (C=O) groups is 1. The van der Waals surface area contributed by atoms with E-state index in [0.717, 1.165) is 3.57 Å². The fourth-order valence-corrected chi connectivity index (χ4v) is 4.98. The van der Waals surface area contributed by atoms with E-state index in [1.807, 2.05) is 0 Å². The van der Waals surface area contributed by atoms with E-state index in [9.17, 15) is 4.79 Å². The Morgan fingerprint density at radius 3 is 2.43 bits per heavy atom. The van der Waals surface area contributed by atoms with Crippen molar-refractivity contribution < 1.29 is 19.0 Å². The summed E-state index contributed by atoms with van der Waals surface area (Å²) in [6, 6.07) is 2.15. The van der Waals surface area contributed by atoms with Crippen LogP contribution in [0, 0.1) is 10.7 Å². The summed E-state index contributed by atoms with van der Waals surface area (Å²) in [6.07, 6.45) is 4.26. The van der Waals surface area contributed by atoms with Crippen molar-refractivity contribution in [2.75, 3.05) is 20.8 Å². The van der Waals surface area contributed by atoms with E-state index in [4.69, 9.17) is 14.2 Å². The van der Waals surface area contributed by atoms with Crippen molar-refractivity contribution in [3.8, 4) is 0 Å². The molecule has 7 heteroatoms. The van der Waals surface area contributed by atoms with E-state index in [0.29, 0.717) is 19.4 Å². The van der Waals surface area contributed by atoms with Crippen LogP contribution >= 0.6 is 67.8 Å². The van der Waals surface area contributed by atoms with E-state index in [2.05, 4.69) is 73.8 Å². The molecule has 0 aliphatic rings. The zero-order chi connectivity index (χ0) is 17.4. The van der Waals surface area contributed by atoms with Crippen LogP contribution in [0.1, 0.15) is 18.1 Å². The van der Waals surface area contributed by atoms with Crippen molar-refractivity contribution in [3.05, 3.63) is 40.1 Å². The lowest BCUT2D eigenvalue weighted by atomic mass is 10.1. The predicted molar refractivity (Wildman–Crippen MR) is 116 cm³/mol. The molecule has 1 aromatic carbocycles. The van der Waals surface area contributed by atoms with Gasteiger partial charge >= 0.3 is 5.97 Å². The highest BCUT2D eigenvalue weighted by atomic mass is 127. The standard InChI is InChI=1S/C16H19I3O4/c1-4-5-13(20)23-7-6-11-12(17)8-10(15(18)16(11)19)9-14(21-2)22-3/h4-5,8,14H,6-7,9H2,1-3H3. The lowest BCUT2D eigenvalue weighted by Crippen LogP contribution is -2.18. The maximum atomic E-state index is 11.4. The number of hydrogen-bond acceptors (Lipinski definition) is 4. The third-order valence-electron chi connectivity index (χ3n) is 3.14. The molecular formula is C16H19I3O4. The molecule has 0 atom stereocenters. The minimum Gasteiger partial charge on any atom is -0.462 e. The van der Waals surface area contributed by atoms with Gasteiger partial charge in [-0.25, -0.2) is 4.79 Å². The van der Waals surface area contributed by atoms with Crippen molar-refractivity contribution >= 4 is 73.7 Å². The van der Waals surface area contributed by atoms with Crippen LogP contribution in [-0.4, -0.2) is 33.1 Å². The van der Waals surface area contributed by atoms with Gasteiger partial charge in [-0.1, -0.05) is 6.08 Å². The molecule has 1 rings (SSSR count). The molecule has 0 bridgehead atoms. The smallest absolute Gasteiger partial charge is 0.330 e. The minimum atomic E-state index is -0.299. The van der Waals surface area contributed by atoms with Gasteiger partial charge in [0.2, 0.25) is 0 Å². The molecule has 0 N–H and O–H groups in total. The molecule has 0 unspecified atom stereocenters. The quantitative estimate of drug-likeness (QED) is 0.138. The summed E-state index contributed by atoms with van der Waals surface area (Å²) >= 11 is 7.03. The SMILES string of the molecule is CC=CC(=O)OCCc1c(I)cc(CC(OC)OC)c(I)c1I. The van der Waals surface area contributed by atoms with Crippen LogP contribution in [0.3, 0.4) is 0 Å². The Morgan fingerprint density at radius 1 is 1.22 bits per heavy atom. The summed E-state index contributed by atoms with van der Waals surface area (Å²) < 4.78 is 19.3. The van der Waals surface area contributed by atoms with Gasteiger partial charge in [-0.3, -0.25) is 0 Å². The summed E-state index contributed by atoms with van der Waals surface area (Å²) in [4.78, 5) is 11.4. The van der Waals surface area contributed by atoms with Crippen LogP contribution in [0.15, 0.2) is 18.2 Å². The van der Waals surface area contributed by atoms with Gasteiger partial charge in [0.15, 0.2) is 6.29 Å². The van der Waals surface area contributed by atoms with Gasteiger partial charge in [0.25, 0.3) is 0 Å². The van der Waals surface area contributed by atoms with Crippen LogP contribution in [0.4, 0.5) is 0 Å². The first-order chi connectivity index (χ1) is 10.9. The van der Waals surface area contributed by atoms with E-state index < -0.39 is 0 Å². The molecule has 0 heterocycles. The molecule has 0 amide bonds. The first kappa shape index (κ1) is 21.6. The molecule has 4 nitrogen and oxygen atoms in total. The molecule has 1 aromatic rings. The number of hydrogen-bond donors (Lipinski definition) is 0. The highest BCUT2D eigenvalue weighted by molar-refractivity contribution is 14.1. The van der Waals surface area contributed by atoms with Crippen molar-refractivity contribution in [1.82, 2.24) is 0 Å². The first-order valence-corrected chi connectivity index (χ1v) is 10.2. The van der Waals surface area contributed by atoms with Crippen molar-refractivity contribution in [2.45, 2.75) is 26.1 Å². The molecule has 0 saturated heterocycles. The van der Waals surface area contributed by atoms with Gasteiger partial charge in [0.05, 0.1) is 6.61 Å². The van der Waals surface area contributed by atoms with Crippen molar-refractivity contribution in [2.24, 2.45) is 0 Å². The fourth-order valence-electron chi connectivity index (χ4n) is 1.94. The molecule has 0 fully saturated rings. The summed E-state index contributed by atoms with van der Waals surface area (Å²) in [7, 11) is 3.29. The molecule has 0 aliphatic heterocycles. The van der Waals surface area contributed by atoms with Gasteiger partial charge < -0.3 is 14.2 Å². The Hall–Kier alpha value is 0.540. The summed E-state index contributed by atoms with van der Waals surface area (Å²) in [5.74, 6) is -0.299. The van der Waals surface area contributed by atoms with Crippen molar-refractivity contribution in [1.29, 1.82) is 0 Å². The van der Waals surface area contributed by atoms with Crippen LogP contribution < -0.4 is 0 Å².